The highest BCUT2D eigenvalue weighted by Crippen LogP contribution is 2.14. The summed E-state index contributed by atoms with van der Waals surface area (Å²) in [6.45, 7) is 5.70. The smallest absolute Gasteiger partial charge is 0.317 e. The maximum atomic E-state index is 10.6. The zero-order valence-electron chi connectivity index (χ0n) is 8.90. The van der Waals surface area contributed by atoms with Gasteiger partial charge in [0, 0.05) is 19.2 Å². The zero-order valence-corrected chi connectivity index (χ0v) is 8.90. The van der Waals surface area contributed by atoms with Crippen molar-refractivity contribution >= 4 is 5.97 Å². The standard InChI is InChI=1S/C10H19NO3/c1-8(2)11(7-10(12)13)6-9-4-3-5-14-9/h8-9H,3-7H2,1-2H3,(H,12,13). The van der Waals surface area contributed by atoms with Gasteiger partial charge in [-0.2, -0.15) is 0 Å². The highest BCUT2D eigenvalue weighted by atomic mass is 16.5. The maximum Gasteiger partial charge on any atom is 0.317 e. The first-order chi connectivity index (χ1) is 6.59. The molecular formula is C10H19NO3. The van der Waals surface area contributed by atoms with E-state index in [-0.39, 0.29) is 18.7 Å². The van der Waals surface area contributed by atoms with Crippen LogP contribution in [0.25, 0.3) is 0 Å². The minimum absolute atomic E-state index is 0.109. The van der Waals surface area contributed by atoms with Crippen LogP contribution in [-0.2, 0) is 9.53 Å². The van der Waals surface area contributed by atoms with Crippen molar-refractivity contribution in [1.29, 1.82) is 0 Å². The SMILES string of the molecule is CC(C)N(CC(=O)O)CC1CCCO1. The molecule has 1 N–H and O–H groups in total. The van der Waals surface area contributed by atoms with Crippen LogP contribution in [0.5, 0.6) is 0 Å². The Kier molecular flexibility index (Phi) is 4.35. The fourth-order valence-corrected chi connectivity index (χ4v) is 1.68. The normalized spacial score (nSPS) is 22.1. The topological polar surface area (TPSA) is 49.8 Å². The first kappa shape index (κ1) is 11.5. The molecule has 0 aliphatic carbocycles. The predicted molar refractivity (Wildman–Crippen MR) is 53.3 cm³/mol. The summed E-state index contributed by atoms with van der Waals surface area (Å²) in [5.41, 5.74) is 0. The molecule has 1 rings (SSSR count). The first-order valence-electron chi connectivity index (χ1n) is 5.17. The van der Waals surface area contributed by atoms with Crippen molar-refractivity contribution in [3.63, 3.8) is 0 Å². The molecule has 0 aromatic rings. The van der Waals surface area contributed by atoms with Crippen molar-refractivity contribution in [2.45, 2.75) is 38.8 Å². The quantitative estimate of drug-likeness (QED) is 0.719. The van der Waals surface area contributed by atoms with Crippen LogP contribution in [0.4, 0.5) is 0 Å². The highest BCUT2D eigenvalue weighted by Gasteiger charge is 2.21. The van der Waals surface area contributed by atoms with Crippen molar-refractivity contribution in [1.82, 2.24) is 4.90 Å². The van der Waals surface area contributed by atoms with E-state index >= 15 is 0 Å². The lowest BCUT2D eigenvalue weighted by atomic mass is 10.2. The third kappa shape index (κ3) is 3.64. The Labute approximate surface area is 84.8 Å². The van der Waals surface area contributed by atoms with E-state index in [1.54, 1.807) is 0 Å². The second-order valence-electron chi connectivity index (χ2n) is 4.05. The van der Waals surface area contributed by atoms with Gasteiger partial charge >= 0.3 is 5.97 Å². The van der Waals surface area contributed by atoms with E-state index in [1.807, 2.05) is 18.7 Å². The summed E-state index contributed by atoms with van der Waals surface area (Å²) >= 11 is 0. The van der Waals surface area contributed by atoms with Crippen molar-refractivity contribution in [2.24, 2.45) is 0 Å². The molecule has 1 aliphatic rings. The maximum absolute atomic E-state index is 10.6. The largest absolute Gasteiger partial charge is 0.480 e. The Hall–Kier alpha value is -0.610. The van der Waals surface area contributed by atoms with Crippen LogP contribution in [0, 0.1) is 0 Å². The van der Waals surface area contributed by atoms with Crippen LogP contribution < -0.4 is 0 Å². The van der Waals surface area contributed by atoms with Gasteiger partial charge < -0.3 is 9.84 Å². The zero-order chi connectivity index (χ0) is 10.6. The molecule has 1 aliphatic heterocycles. The fraction of sp³-hybridized carbons (Fsp3) is 0.900. The average molecular weight is 201 g/mol. The molecule has 4 nitrogen and oxygen atoms in total. The van der Waals surface area contributed by atoms with Crippen molar-refractivity contribution < 1.29 is 14.6 Å². The lowest BCUT2D eigenvalue weighted by Crippen LogP contribution is -2.40. The molecule has 1 unspecified atom stereocenters. The highest BCUT2D eigenvalue weighted by molar-refractivity contribution is 5.69. The van der Waals surface area contributed by atoms with E-state index in [1.165, 1.54) is 0 Å². The van der Waals surface area contributed by atoms with Gasteiger partial charge in [0.05, 0.1) is 12.6 Å². The number of hydrogen-bond donors (Lipinski definition) is 1. The van der Waals surface area contributed by atoms with Crippen LogP contribution in [0.1, 0.15) is 26.7 Å². The molecule has 0 saturated carbocycles. The Morgan fingerprint density at radius 1 is 1.64 bits per heavy atom. The Morgan fingerprint density at radius 3 is 2.79 bits per heavy atom. The molecule has 14 heavy (non-hydrogen) atoms. The molecule has 0 aromatic heterocycles. The van der Waals surface area contributed by atoms with Crippen LogP contribution in [-0.4, -0.2) is 47.8 Å². The van der Waals surface area contributed by atoms with Crippen LogP contribution in [0.15, 0.2) is 0 Å². The Bertz CT molecular complexity index is 188. The molecule has 0 radical (unpaired) electrons. The van der Waals surface area contributed by atoms with Crippen molar-refractivity contribution in [2.75, 3.05) is 19.7 Å². The lowest BCUT2D eigenvalue weighted by Gasteiger charge is -2.26. The Balaban J connectivity index is 2.37. The first-order valence-corrected chi connectivity index (χ1v) is 5.17. The molecule has 0 spiro atoms. The number of ether oxygens (including phenoxy) is 1. The van der Waals surface area contributed by atoms with Gasteiger partial charge in [-0.05, 0) is 26.7 Å². The summed E-state index contributed by atoms with van der Waals surface area (Å²) < 4.78 is 5.48. The number of carboxylic acids is 1. The Morgan fingerprint density at radius 2 is 2.36 bits per heavy atom. The van der Waals surface area contributed by atoms with E-state index in [9.17, 15) is 4.79 Å². The molecule has 0 bridgehead atoms. The summed E-state index contributed by atoms with van der Waals surface area (Å²) in [5.74, 6) is -0.767. The minimum Gasteiger partial charge on any atom is -0.480 e. The second-order valence-corrected chi connectivity index (χ2v) is 4.05. The van der Waals surface area contributed by atoms with E-state index in [0.717, 1.165) is 26.0 Å². The predicted octanol–water partition coefficient (Wildman–Crippen LogP) is 0.960. The summed E-state index contributed by atoms with van der Waals surface area (Å²) in [7, 11) is 0. The number of rotatable bonds is 5. The average Bonchev–Trinajstić information content (AvgIpc) is 2.54. The van der Waals surface area contributed by atoms with Crippen molar-refractivity contribution in [3.8, 4) is 0 Å². The van der Waals surface area contributed by atoms with Gasteiger partial charge in [0.15, 0.2) is 0 Å². The number of nitrogens with zero attached hydrogens (tertiary/aromatic N) is 1. The van der Waals surface area contributed by atoms with E-state index in [4.69, 9.17) is 9.84 Å². The van der Waals surface area contributed by atoms with E-state index in [0.29, 0.717) is 0 Å². The summed E-state index contributed by atoms with van der Waals surface area (Å²) in [4.78, 5) is 12.5. The monoisotopic (exact) mass is 201 g/mol. The van der Waals surface area contributed by atoms with E-state index < -0.39 is 5.97 Å². The lowest BCUT2D eigenvalue weighted by molar-refractivity contribution is -0.139. The second kappa shape index (κ2) is 5.32. The van der Waals surface area contributed by atoms with Crippen LogP contribution in [0.2, 0.25) is 0 Å². The van der Waals surface area contributed by atoms with Gasteiger partial charge in [-0.25, -0.2) is 0 Å². The molecule has 0 amide bonds. The number of hydrogen-bond acceptors (Lipinski definition) is 3. The molecule has 4 heteroatoms. The number of carbonyl (C=O) groups is 1. The molecule has 1 heterocycles. The third-order valence-corrected chi connectivity index (χ3v) is 2.53. The minimum atomic E-state index is -0.767. The van der Waals surface area contributed by atoms with Crippen LogP contribution in [0.3, 0.4) is 0 Å². The summed E-state index contributed by atoms with van der Waals surface area (Å²) in [6, 6.07) is 0.260. The fourth-order valence-electron chi connectivity index (χ4n) is 1.68. The summed E-state index contributed by atoms with van der Waals surface area (Å²) in [5, 5.41) is 8.72. The van der Waals surface area contributed by atoms with Crippen LogP contribution >= 0.6 is 0 Å². The molecule has 1 saturated heterocycles. The number of carboxylic acid groups (broad SMARTS) is 1. The number of aliphatic carboxylic acids is 1. The van der Waals surface area contributed by atoms with Gasteiger partial charge in [0.25, 0.3) is 0 Å². The molecular weight excluding hydrogens is 182 g/mol. The van der Waals surface area contributed by atoms with Crippen molar-refractivity contribution in [3.05, 3.63) is 0 Å². The molecule has 82 valence electrons. The third-order valence-electron chi connectivity index (χ3n) is 2.53. The van der Waals surface area contributed by atoms with Gasteiger partial charge in [-0.15, -0.1) is 0 Å². The molecule has 0 aromatic carbocycles. The summed E-state index contributed by atoms with van der Waals surface area (Å²) in [6.07, 6.45) is 2.39. The van der Waals surface area contributed by atoms with Gasteiger partial charge in [0.2, 0.25) is 0 Å². The molecule has 1 atom stereocenters. The molecule has 1 fully saturated rings. The van der Waals surface area contributed by atoms with Gasteiger partial charge in [0.1, 0.15) is 0 Å². The van der Waals surface area contributed by atoms with Gasteiger partial charge in [-0.1, -0.05) is 0 Å². The van der Waals surface area contributed by atoms with Gasteiger partial charge in [-0.3, -0.25) is 9.69 Å². The van der Waals surface area contributed by atoms with E-state index in [2.05, 4.69) is 0 Å².